The molecule has 0 amide bonds. The lowest BCUT2D eigenvalue weighted by atomic mass is 9.89. The number of hydrogen-bond donors (Lipinski definition) is 3. The van der Waals surface area contributed by atoms with E-state index in [0.29, 0.717) is 17.9 Å². The minimum atomic E-state index is -0.660. The van der Waals surface area contributed by atoms with E-state index in [1.165, 1.54) is 6.07 Å². The molecule has 0 saturated carbocycles. The van der Waals surface area contributed by atoms with E-state index in [1.54, 1.807) is 18.2 Å². The van der Waals surface area contributed by atoms with Gasteiger partial charge in [0.1, 0.15) is 5.75 Å². The Bertz CT molecular complexity index is 645. The smallest absolute Gasteiger partial charge is 0.117 e. The molecule has 0 spiro atoms. The van der Waals surface area contributed by atoms with Crippen LogP contribution >= 0.6 is 11.6 Å². The number of phenols is 1. The summed E-state index contributed by atoms with van der Waals surface area (Å²) in [4.78, 5) is 0. The first kappa shape index (κ1) is 21.5. The molecule has 1 rings (SSSR count). The quantitative estimate of drug-likeness (QED) is 0.533. The number of rotatable bonds is 9. The van der Waals surface area contributed by atoms with Gasteiger partial charge in [0.2, 0.25) is 0 Å². The van der Waals surface area contributed by atoms with Gasteiger partial charge in [-0.1, -0.05) is 56.7 Å². The summed E-state index contributed by atoms with van der Waals surface area (Å²) in [5.74, 6) is 0.353. The fraction of sp³-hybridized carbons (Fsp3) is 0.429. The zero-order chi connectivity index (χ0) is 19.0. The normalized spacial score (nSPS) is 14.0. The number of halogens is 1. The maximum absolute atomic E-state index is 10.5. The lowest BCUT2D eigenvalue weighted by Gasteiger charge is -2.20. The van der Waals surface area contributed by atoms with Gasteiger partial charge in [-0.2, -0.15) is 0 Å². The molecule has 0 aromatic heterocycles. The Labute approximate surface area is 156 Å². The van der Waals surface area contributed by atoms with Gasteiger partial charge in [0, 0.05) is 0 Å². The summed E-state index contributed by atoms with van der Waals surface area (Å²) in [6.45, 7) is 10.0. The Morgan fingerprint density at radius 1 is 1.32 bits per heavy atom. The largest absolute Gasteiger partial charge is 0.508 e. The Balaban J connectivity index is 2.86. The van der Waals surface area contributed by atoms with Crippen LogP contribution in [0.5, 0.6) is 5.75 Å². The topological polar surface area (TPSA) is 60.7 Å². The number of phenolic OH excluding ortho intramolecular Hbond substituents is 1. The molecular formula is C21H29ClO3. The molecule has 0 saturated heterocycles. The predicted molar refractivity (Wildman–Crippen MR) is 106 cm³/mol. The van der Waals surface area contributed by atoms with Crippen molar-refractivity contribution < 1.29 is 15.3 Å². The van der Waals surface area contributed by atoms with E-state index in [0.717, 1.165) is 28.7 Å². The van der Waals surface area contributed by atoms with Crippen LogP contribution in [-0.4, -0.2) is 28.0 Å². The van der Waals surface area contributed by atoms with Crippen LogP contribution in [0.15, 0.2) is 47.6 Å². The van der Waals surface area contributed by atoms with E-state index in [1.807, 2.05) is 19.9 Å². The summed E-state index contributed by atoms with van der Waals surface area (Å²) in [6, 6.07) is 4.90. The van der Waals surface area contributed by atoms with Crippen molar-refractivity contribution >= 4 is 17.7 Å². The number of aliphatic hydroxyl groups is 2. The molecule has 0 bridgehead atoms. The van der Waals surface area contributed by atoms with Crippen LogP contribution in [0.4, 0.5) is 0 Å². The first-order chi connectivity index (χ1) is 11.8. The number of benzene rings is 1. The van der Waals surface area contributed by atoms with Gasteiger partial charge < -0.3 is 15.3 Å². The van der Waals surface area contributed by atoms with Gasteiger partial charge in [-0.15, -0.1) is 0 Å². The summed E-state index contributed by atoms with van der Waals surface area (Å²) in [5.41, 5.74) is 3.58. The molecule has 3 N–H and O–H groups in total. The lowest BCUT2D eigenvalue weighted by molar-refractivity contribution is 0.199. The third-order valence-electron chi connectivity index (χ3n) is 4.27. The summed E-state index contributed by atoms with van der Waals surface area (Å²) < 4.78 is 0. The van der Waals surface area contributed by atoms with Crippen LogP contribution < -0.4 is 0 Å². The Morgan fingerprint density at radius 2 is 2.00 bits per heavy atom. The van der Waals surface area contributed by atoms with Crippen molar-refractivity contribution in [3.05, 3.63) is 58.2 Å². The van der Waals surface area contributed by atoms with E-state index >= 15 is 0 Å². The second kappa shape index (κ2) is 10.4. The van der Waals surface area contributed by atoms with E-state index in [4.69, 9.17) is 11.6 Å². The fourth-order valence-electron chi connectivity index (χ4n) is 2.59. The summed E-state index contributed by atoms with van der Waals surface area (Å²) in [7, 11) is 0. The molecule has 1 aromatic carbocycles. The highest BCUT2D eigenvalue weighted by atomic mass is 35.5. The van der Waals surface area contributed by atoms with Crippen molar-refractivity contribution in [1.82, 2.24) is 0 Å². The minimum absolute atomic E-state index is 0.113. The maximum Gasteiger partial charge on any atom is 0.117 e. The van der Waals surface area contributed by atoms with Crippen LogP contribution in [0.1, 0.15) is 45.6 Å². The van der Waals surface area contributed by atoms with Crippen molar-refractivity contribution in [2.24, 2.45) is 5.92 Å². The summed E-state index contributed by atoms with van der Waals surface area (Å²) >= 11 is 6.16. The first-order valence-electron chi connectivity index (χ1n) is 8.66. The molecule has 0 aliphatic carbocycles. The molecule has 1 atom stereocenters. The molecule has 0 heterocycles. The highest BCUT2D eigenvalue weighted by molar-refractivity contribution is 6.32. The van der Waals surface area contributed by atoms with Gasteiger partial charge in [0.25, 0.3) is 0 Å². The fourth-order valence-corrected chi connectivity index (χ4v) is 2.82. The first-order valence-corrected chi connectivity index (χ1v) is 9.04. The van der Waals surface area contributed by atoms with E-state index in [9.17, 15) is 15.3 Å². The van der Waals surface area contributed by atoms with Crippen molar-refractivity contribution in [3.63, 3.8) is 0 Å². The Hall–Kier alpha value is -1.55. The van der Waals surface area contributed by atoms with Crippen molar-refractivity contribution in [2.45, 2.75) is 46.1 Å². The SMILES string of the molecule is C=C(/C(=C/CO)C(O)CC/C(=C/c1ccc(O)cc1Cl)CC)C(C)C. The van der Waals surface area contributed by atoms with Gasteiger partial charge in [0.15, 0.2) is 0 Å². The van der Waals surface area contributed by atoms with Crippen molar-refractivity contribution in [2.75, 3.05) is 6.61 Å². The zero-order valence-corrected chi connectivity index (χ0v) is 16.1. The van der Waals surface area contributed by atoms with Gasteiger partial charge >= 0.3 is 0 Å². The summed E-state index contributed by atoms with van der Waals surface area (Å²) in [5, 5.41) is 29.7. The monoisotopic (exact) mass is 364 g/mol. The van der Waals surface area contributed by atoms with E-state index in [2.05, 4.69) is 13.5 Å². The van der Waals surface area contributed by atoms with Gasteiger partial charge in [-0.25, -0.2) is 0 Å². The summed E-state index contributed by atoms with van der Waals surface area (Å²) in [6.07, 6.45) is 5.08. The van der Waals surface area contributed by atoms with Crippen molar-refractivity contribution in [1.29, 1.82) is 0 Å². The number of aromatic hydroxyl groups is 1. The average Bonchev–Trinajstić information content (AvgIpc) is 2.57. The predicted octanol–water partition coefficient (Wildman–Crippen LogP) is 5.11. The minimum Gasteiger partial charge on any atom is -0.508 e. The van der Waals surface area contributed by atoms with Crippen LogP contribution in [0, 0.1) is 5.92 Å². The molecule has 0 radical (unpaired) electrons. The molecular weight excluding hydrogens is 336 g/mol. The van der Waals surface area contributed by atoms with Crippen LogP contribution in [0.3, 0.4) is 0 Å². The van der Waals surface area contributed by atoms with E-state index in [-0.39, 0.29) is 18.3 Å². The molecule has 1 aromatic rings. The standard InChI is InChI=1S/C21H29ClO3/c1-5-16(12-17-7-8-18(24)13-20(17)22)6-9-21(25)19(10-11-23)15(4)14(2)3/h7-8,10,12-14,21,23-25H,4-6,9,11H2,1-3H3/b16-12+,19-10-. The van der Waals surface area contributed by atoms with Gasteiger partial charge in [0.05, 0.1) is 17.7 Å². The van der Waals surface area contributed by atoms with E-state index < -0.39 is 6.10 Å². The molecule has 138 valence electrons. The lowest BCUT2D eigenvalue weighted by Crippen LogP contribution is -2.15. The molecule has 25 heavy (non-hydrogen) atoms. The second-order valence-corrected chi connectivity index (χ2v) is 6.85. The second-order valence-electron chi connectivity index (χ2n) is 6.44. The molecule has 4 heteroatoms. The van der Waals surface area contributed by atoms with Crippen LogP contribution in [-0.2, 0) is 0 Å². The zero-order valence-electron chi connectivity index (χ0n) is 15.3. The van der Waals surface area contributed by atoms with Crippen LogP contribution in [0.25, 0.3) is 6.08 Å². The molecule has 0 aliphatic heterocycles. The molecule has 0 fully saturated rings. The maximum atomic E-state index is 10.5. The highest BCUT2D eigenvalue weighted by Gasteiger charge is 2.16. The van der Waals surface area contributed by atoms with Crippen molar-refractivity contribution in [3.8, 4) is 5.75 Å². The third kappa shape index (κ3) is 6.69. The average molecular weight is 365 g/mol. The van der Waals surface area contributed by atoms with Gasteiger partial charge in [-0.3, -0.25) is 0 Å². The number of aliphatic hydroxyl groups excluding tert-OH is 2. The van der Waals surface area contributed by atoms with Crippen LogP contribution in [0.2, 0.25) is 5.02 Å². The number of allylic oxidation sites excluding steroid dienone is 1. The Kier molecular flexibility index (Phi) is 8.98. The Morgan fingerprint density at radius 3 is 2.52 bits per heavy atom. The molecule has 3 nitrogen and oxygen atoms in total. The highest BCUT2D eigenvalue weighted by Crippen LogP contribution is 2.28. The molecule has 1 unspecified atom stereocenters. The number of hydrogen-bond acceptors (Lipinski definition) is 3. The molecule has 0 aliphatic rings. The van der Waals surface area contributed by atoms with Gasteiger partial charge in [-0.05, 0) is 60.1 Å². The third-order valence-corrected chi connectivity index (χ3v) is 4.60.